The molecule has 2 rings (SSSR count). The largest absolute Gasteiger partial charge is 1.00 e. The van der Waals surface area contributed by atoms with Gasteiger partial charge in [-0.1, -0.05) is 0 Å². The Labute approximate surface area is 126 Å². The van der Waals surface area contributed by atoms with Gasteiger partial charge in [0.25, 0.3) is 0 Å². The molecule has 0 spiro atoms. The van der Waals surface area contributed by atoms with Crippen molar-refractivity contribution in [3.8, 4) is 0 Å². The van der Waals surface area contributed by atoms with E-state index >= 15 is 0 Å². The van der Waals surface area contributed by atoms with Crippen LogP contribution in [0.3, 0.4) is 0 Å². The van der Waals surface area contributed by atoms with Crippen molar-refractivity contribution < 1.29 is 45.7 Å². The fraction of sp³-hybridized carbons (Fsp3) is 0.385. The third-order valence-corrected chi connectivity index (χ3v) is 22.8. The van der Waals surface area contributed by atoms with Crippen LogP contribution in [-0.2, 0) is 20.9 Å². The molecule has 0 saturated carbocycles. The van der Waals surface area contributed by atoms with Gasteiger partial charge in [-0.2, -0.15) is 0 Å². The van der Waals surface area contributed by atoms with Gasteiger partial charge in [-0.15, -0.1) is 0 Å². The minimum absolute atomic E-state index is 0. The third kappa shape index (κ3) is 4.06. The Balaban J connectivity index is 0.00000128. The van der Waals surface area contributed by atoms with E-state index in [1.165, 1.54) is 12.8 Å². The molecule has 0 radical (unpaired) electrons. The Morgan fingerprint density at radius 2 is 1.82 bits per heavy atom. The molecule has 4 heteroatoms. The summed E-state index contributed by atoms with van der Waals surface area (Å²) in [6, 6.07) is 0. The van der Waals surface area contributed by atoms with Gasteiger partial charge >= 0.3 is 102 Å². The summed E-state index contributed by atoms with van der Waals surface area (Å²) in [4.78, 5) is 0. The van der Waals surface area contributed by atoms with Crippen LogP contribution in [0.25, 0.3) is 0 Å². The standard InChI is InChI=1S/C6H7.C5H5.C2H7Si.2ClH.Zr/c1-6-4-2-3-5-6;1-2-4-5-3-1;1-3-2;;;/h2,4H,3H2,1H3;1-3H,4H2;3H,1-2H3;2*1H;/q;;;;;+2/p-2. The van der Waals surface area contributed by atoms with Crippen LogP contribution in [0, 0.1) is 0 Å². The maximum absolute atomic E-state index is 2.56. The van der Waals surface area contributed by atoms with E-state index in [0.717, 1.165) is 0 Å². The van der Waals surface area contributed by atoms with Gasteiger partial charge in [-0.05, 0) is 0 Å². The zero-order valence-electron chi connectivity index (χ0n) is 10.6. The van der Waals surface area contributed by atoms with Gasteiger partial charge in [-0.25, -0.2) is 0 Å². The SMILES string of the molecule is CC1=[C]([Zr+2]([C]2=CC=CC2)[SiH](C)C)CC=C1.[Cl-].[Cl-]. The van der Waals surface area contributed by atoms with E-state index in [-0.39, 0.29) is 24.8 Å². The van der Waals surface area contributed by atoms with Crippen LogP contribution in [0.2, 0.25) is 13.1 Å². The van der Waals surface area contributed by atoms with Crippen molar-refractivity contribution in [1.29, 1.82) is 0 Å². The molecule has 0 aromatic carbocycles. The summed E-state index contributed by atoms with van der Waals surface area (Å²) in [6.07, 6.45) is 14.3. The van der Waals surface area contributed by atoms with Gasteiger partial charge < -0.3 is 24.8 Å². The third-order valence-electron chi connectivity index (χ3n) is 3.19. The number of halogens is 2. The van der Waals surface area contributed by atoms with Crippen LogP contribution in [0.1, 0.15) is 19.8 Å². The average Bonchev–Trinajstić information content (AvgIpc) is 2.79. The van der Waals surface area contributed by atoms with Gasteiger partial charge in [-0.3, -0.25) is 0 Å². The maximum atomic E-state index is 2.56. The molecule has 0 aromatic rings. The van der Waals surface area contributed by atoms with Crippen LogP contribution in [0.5, 0.6) is 0 Å². The van der Waals surface area contributed by atoms with Gasteiger partial charge in [0.2, 0.25) is 0 Å². The van der Waals surface area contributed by atoms with Crippen molar-refractivity contribution >= 4 is 5.92 Å². The first-order valence-electron chi connectivity index (χ1n) is 5.79. The van der Waals surface area contributed by atoms with E-state index in [2.05, 4.69) is 50.4 Å². The second kappa shape index (κ2) is 7.94. The summed E-state index contributed by atoms with van der Waals surface area (Å²) in [7, 11) is 0. The summed E-state index contributed by atoms with van der Waals surface area (Å²) < 4.78 is 3.76. The first-order chi connectivity index (χ1) is 7.20. The predicted octanol–water partition coefficient (Wildman–Crippen LogP) is -2.33. The molecular weight excluding hydrogens is 346 g/mol. The van der Waals surface area contributed by atoms with Crippen molar-refractivity contribution in [2.75, 3.05) is 0 Å². The molecule has 0 heterocycles. The molecule has 0 saturated heterocycles. The van der Waals surface area contributed by atoms with Crippen LogP contribution in [-0.4, -0.2) is 5.92 Å². The van der Waals surface area contributed by atoms with E-state index in [4.69, 9.17) is 0 Å². The zero-order valence-corrected chi connectivity index (χ0v) is 15.8. The quantitative estimate of drug-likeness (QED) is 0.493. The first-order valence-corrected chi connectivity index (χ1v) is 15.4. The molecule has 0 unspecified atom stereocenters. The van der Waals surface area contributed by atoms with Crippen LogP contribution < -0.4 is 24.8 Å². The van der Waals surface area contributed by atoms with Crippen molar-refractivity contribution in [1.82, 2.24) is 0 Å². The Kier molecular flexibility index (Phi) is 8.24. The minimum Gasteiger partial charge on any atom is -1.00 e. The molecule has 2 aliphatic rings. The molecule has 2 aliphatic carbocycles. The average molecular weight is 366 g/mol. The molecule has 17 heavy (non-hydrogen) atoms. The molecule has 0 aliphatic heterocycles. The van der Waals surface area contributed by atoms with E-state index in [0.29, 0.717) is 0 Å². The molecule has 0 nitrogen and oxygen atoms in total. The normalized spacial score (nSPS) is 17.1. The molecule has 0 fully saturated rings. The van der Waals surface area contributed by atoms with Crippen LogP contribution in [0.4, 0.5) is 0 Å². The topological polar surface area (TPSA) is 0 Å². The van der Waals surface area contributed by atoms with Crippen molar-refractivity contribution in [3.05, 3.63) is 42.5 Å². The zero-order chi connectivity index (χ0) is 10.8. The molecule has 0 N–H and O–H groups in total. The molecular formula is C13H19Cl2SiZr. The Hall–Kier alpha value is 0.640. The summed E-state index contributed by atoms with van der Waals surface area (Å²) in [6.45, 7) is 7.44. The fourth-order valence-electron chi connectivity index (χ4n) is 2.50. The summed E-state index contributed by atoms with van der Waals surface area (Å²) in [5.74, 6) is -0.440. The molecule has 0 atom stereocenters. The molecule has 93 valence electrons. The number of hydrogen-bond donors (Lipinski definition) is 0. The summed E-state index contributed by atoms with van der Waals surface area (Å²) in [5, 5.41) is 0. The van der Waals surface area contributed by atoms with Crippen molar-refractivity contribution in [3.63, 3.8) is 0 Å². The van der Waals surface area contributed by atoms with Crippen molar-refractivity contribution in [2.24, 2.45) is 0 Å². The Morgan fingerprint density at radius 3 is 2.24 bits per heavy atom. The van der Waals surface area contributed by atoms with Gasteiger partial charge in [0, 0.05) is 0 Å². The predicted molar refractivity (Wildman–Crippen MR) is 67.2 cm³/mol. The van der Waals surface area contributed by atoms with E-state index < -0.39 is 26.8 Å². The number of allylic oxidation sites excluding steroid dienone is 8. The maximum Gasteiger partial charge on any atom is -1.00 e. The van der Waals surface area contributed by atoms with E-state index in [1.54, 1.807) is 5.57 Å². The van der Waals surface area contributed by atoms with E-state index in [1.807, 2.05) is 6.56 Å². The summed E-state index contributed by atoms with van der Waals surface area (Å²) in [5.41, 5.74) is 1.61. The van der Waals surface area contributed by atoms with Crippen LogP contribution >= 0.6 is 0 Å². The van der Waals surface area contributed by atoms with Crippen molar-refractivity contribution in [2.45, 2.75) is 32.9 Å². The molecule has 0 bridgehead atoms. The second-order valence-electron chi connectivity index (χ2n) is 4.66. The minimum atomic E-state index is -1.35. The first kappa shape index (κ1) is 17.6. The second-order valence-corrected chi connectivity index (χ2v) is 24.0. The number of hydrogen-bond acceptors (Lipinski definition) is 0. The summed E-state index contributed by atoms with van der Waals surface area (Å²) >= 11 is -1.35. The van der Waals surface area contributed by atoms with E-state index in [9.17, 15) is 0 Å². The Morgan fingerprint density at radius 1 is 1.12 bits per heavy atom. The Bertz CT molecular complexity index is 381. The van der Waals surface area contributed by atoms with Gasteiger partial charge in [0.15, 0.2) is 0 Å². The fourth-order valence-corrected chi connectivity index (χ4v) is 22.4. The molecule has 0 amide bonds. The van der Waals surface area contributed by atoms with Gasteiger partial charge in [0.05, 0.1) is 0 Å². The smallest absolute Gasteiger partial charge is 1.00 e. The van der Waals surface area contributed by atoms with Crippen LogP contribution in [0.15, 0.2) is 42.5 Å². The monoisotopic (exact) mass is 363 g/mol. The molecule has 0 aromatic heterocycles. The number of rotatable bonds is 3. The van der Waals surface area contributed by atoms with Gasteiger partial charge in [0.1, 0.15) is 0 Å².